The Hall–Kier alpha value is -3.10. The van der Waals surface area contributed by atoms with Crippen LogP contribution in [0, 0.1) is 6.92 Å². The van der Waals surface area contributed by atoms with Crippen LogP contribution < -0.4 is 16.2 Å². The lowest BCUT2D eigenvalue weighted by molar-refractivity contribution is -0.115. The van der Waals surface area contributed by atoms with Gasteiger partial charge in [-0.15, -0.1) is 0 Å². The standard InChI is InChI=1S/C22H21ClN4O3S/c1-13-4-9-18(12-19(13)23)27-21(29)11-10-20(26-27)31-14(2)22(30)25-17-7-5-16(6-8-17)24-15(3)28/h4-12,14H,1-3H3,(H,24,28)(H,25,30). The van der Waals surface area contributed by atoms with Gasteiger partial charge < -0.3 is 10.6 Å². The first-order valence-corrected chi connectivity index (χ1v) is 10.7. The number of nitrogens with one attached hydrogen (secondary N) is 2. The van der Waals surface area contributed by atoms with Gasteiger partial charge in [0.05, 0.1) is 10.9 Å². The molecule has 0 saturated heterocycles. The summed E-state index contributed by atoms with van der Waals surface area (Å²) in [7, 11) is 0. The van der Waals surface area contributed by atoms with Crippen molar-refractivity contribution in [3.8, 4) is 5.69 Å². The number of hydrogen-bond donors (Lipinski definition) is 2. The van der Waals surface area contributed by atoms with E-state index >= 15 is 0 Å². The fourth-order valence-corrected chi connectivity index (χ4v) is 3.65. The first-order chi connectivity index (χ1) is 14.7. The summed E-state index contributed by atoms with van der Waals surface area (Å²) in [5.41, 5.74) is 2.42. The van der Waals surface area contributed by atoms with Crippen LogP contribution in [0.5, 0.6) is 0 Å². The van der Waals surface area contributed by atoms with Crippen LogP contribution in [0.4, 0.5) is 11.4 Å². The van der Waals surface area contributed by atoms with Crippen molar-refractivity contribution in [2.24, 2.45) is 0 Å². The van der Waals surface area contributed by atoms with E-state index < -0.39 is 5.25 Å². The molecule has 7 nitrogen and oxygen atoms in total. The SMILES string of the molecule is CC(=O)Nc1ccc(NC(=O)C(C)Sc2ccc(=O)n(-c3ccc(C)c(Cl)c3)n2)cc1. The summed E-state index contributed by atoms with van der Waals surface area (Å²) in [5, 5.41) is 10.5. The third-order valence-electron chi connectivity index (χ3n) is 4.32. The molecule has 0 saturated carbocycles. The normalized spacial score (nSPS) is 11.6. The van der Waals surface area contributed by atoms with Crippen molar-refractivity contribution in [1.82, 2.24) is 9.78 Å². The highest BCUT2D eigenvalue weighted by Gasteiger charge is 2.16. The summed E-state index contributed by atoms with van der Waals surface area (Å²) in [6.07, 6.45) is 0. The molecule has 2 amide bonds. The molecule has 0 aliphatic heterocycles. The summed E-state index contributed by atoms with van der Waals surface area (Å²) in [6.45, 7) is 5.06. The zero-order valence-corrected chi connectivity index (χ0v) is 18.8. The van der Waals surface area contributed by atoms with Crippen molar-refractivity contribution >= 4 is 46.6 Å². The van der Waals surface area contributed by atoms with Crippen LogP contribution in [0.15, 0.2) is 64.4 Å². The number of hydrogen-bond acceptors (Lipinski definition) is 5. The number of thioether (sulfide) groups is 1. The summed E-state index contributed by atoms with van der Waals surface area (Å²) >= 11 is 7.41. The molecular formula is C22H21ClN4O3S. The molecule has 1 heterocycles. The molecule has 3 aromatic rings. The van der Waals surface area contributed by atoms with Gasteiger partial charge in [-0.25, -0.2) is 0 Å². The van der Waals surface area contributed by atoms with Crippen molar-refractivity contribution in [3.63, 3.8) is 0 Å². The Morgan fingerprint density at radius 2 is 1.68 bits per heavy atom. The molecular weight excluding hydrogens is 436 g/mol. The summed E-state index contributed by atoms with van der Waals surface area (Å²) in [4.78, 5) is 35.9. The number of benzene rings is 2. The van der Waals surface area contributed by atoms with E-state index in [0.29, 0.717) is 27.1 Å². The number of amides is 2. The van der Waals surface area contributed by atoms with E-state index in [1.807, 2.05) is 13.0 Å². The number of carbonyl (C=O) groups is 2. The second-order valence-corrected chi connectivity index (χ2v) is 8.63. The lowest BCUT2D eigenvalue weighted by Gasteiger charge is -2.13. The summed E-state index contributed by atoms with van der Waals surface area (Å²) in [5.74, 6) is -0.376. The Morgan fingerprint density at radius 1 is 1.03 bits per heavy atom. The van der Waals surface area contributed by atoms with E-state index in [9.17, 15) is 14.4 Å². The van der Waals surface area contributed by atoms with Crippen LogP contribution in [0.25, 0.3) is 5.69 Å². The molecule has 1 atom stereocenters. The summed E-state index contributed by atoms with van der Waals surface area (Å²) < 4.78 is 1.26. The Morgan fingerprint density at radius 3 is 2.29 bits per heavy atom. The molecule has 1 aromatic heterocycles. The third-order valence-corrected chi connectivity index (χ3v) is 5.75. The van der Waals surface area contributed by atoms with E-state index in [0.717, 1.165) is 5.56 Å². The predicted molar refractivity (Wildman–Crippen MR) is 124 cm³/mol. The molecule has 2 aromatic carbocycles. The quantitative estimate of drug-likeness (QED) is 0.540. The Balaban J connectivity index is 1.70. The number of anilines is 2. The van der Waals surface area contributed by atoms with Gasteiger partial charge in [0.15, 0.2) is 0 Å². The zero-order valence-electron chi connectivity index (χ0n) is 17.2. The Kier molecular flexibility index (Phi) is 7.14. The molecule has 160 valence electrons. The largest absolute Gasteiger partial charge is 0.326 e. The molecule has 3 rings (SSSR count). The van der Waals surface area contributed by atoms with E-state index in [1.54, 1.807) is 49.4 Å². The highest BCUT2D eigenvalue weighted by molar-refractivity contribution is 8.00. The highest BCUT2D eigenvalue weighted by atomic mass is 35.5. The smallest absolute Gasteiger partial charge is 0.271 e. The van der Waals surface area contributed by atoms with Crippen molar-refractivity contribution in [2.45, 2.75) is 31.0 Å². The van der Waals surface area contributed by atoms with E-state index in [4.69, 9.17) is 11.6 Å². The van der Waals surface area contributed by atoms with Crippen LogP contribution in [0.3, 0.4) is 0 Å². The zero-order chi connectivity index (χ0) is 22.5. The van der Waals surface area contributed by atoms with Crippen molar-refractivity contribution < 1.29 is 9.59 Å². The molecule has 0 aliphatic rings. The van der Waals surface area contributed by atoms with Crippen molar-refractivity contribution in [1.29, 1.82) is 0 Å². The second kappa shape index (κ2) is 9.80. The number of aromatic nitrogens is 2. The first-order valence-electron chi connectivity index (χ1n) is 9.45. The molecule has 0 radical (unpaired) electrons. The highest BCUT2D eigenvalue weighted by Crippen LogP contribution is 2.23. The van der Waals surface area contributed by atoms with Crippen molar-refractivity contribution in [2.75, 3.05) is 10.6 Å². The van der Waals surface area contributed by atoms with Crippen LogP contribution in [-0.2, 0) is 9.59 Å². The third kappa shape index (κ3) is 5.96. The van der Waals surface area contributed by atoms with Gasteiger partial charge in [-0.2, -0.15) is 9.78 Å². The molecule has 2 N–H and O–H groups in total. The minimum Gasteiger partial charge on any atom is -0.326 e. The predicted octanol–water partition coefficient (Wildman–Crippen LogP) is 4.27. The number of rotatable bonds is 6. The fraction of sp³-hybridized carbons (Fsp3) is 0.182. The Bertz CT molecular complexity index is 1180. The topological polar surface area (TPSA) is 93.1 Å². The monoisotopic (exact) mass is 456 g/mol. The van der Waals surface area contributed by atoms with E-state index in [1.165, 1.54) is 29.4 Å². The number of carbonyl (C=O) groups excluding carboxylic acids is 2. The van der Waals surface area contributed by atoms with Gasteiger partial charge >= 0.3 is 0 Å². The number of nitrogens with zero attached hydrogens (tertiary/aromatic N) is 2. The van der Waals surface area contributed by atoms with Gasteiger partial charge in [-0.05, 0) is 61.9 Å². The average molecular weight is 457 g/mol. The van der Waals surface area contributed by atoms with Crippen LogP contribution in [0.2, 0.25) is 5.02 Å². The van der Waals surface area contributed by atoms with Gasteiger partial charge in [0.1, 0.15) is 5.03 Å². The number of aryl methyl sites for hydroxylation is 1. The van der Waals surface area contributed by atoms with Gasteiger partial charge in [0, 0.05) is 29.4 Å². The lowest BCUT2D eigenvalue weighted by Crippen LogP contribution is -2.24. The molecule has 0 fully saturated rings. The Labute approximate surface area is 188 Å². The van der Waals surface area contributed by atoms with Gasteiger partial charge in [0.2, 0.25) is 11.8 Å². The second-order valence-electron chi connectivity index (χ2n) is 6.86. The lowest BCUT2D eigenvalue weighted by atomic mass is 10.2. The van der Waals surface area contributed by atoms with Crippen LogP contribution in [0.1, 0.15) is 19.4 Å². The minimum atomic E-state index is -0.463. The van der Waals surface area contributed by atoms with Crippen LogP contribution in [-0.4, -0.2) is 26.8 Å². The minimum absolute atomic E-state index is 0.163. The fourth-order valence-electron chi connectivity index (χ4n) is 2.67. The number of halogens is 1. The maximum Gasteiger partial charge on any atom is 0.271 e. The molecule has 0 spiro atoms. The molecule has 1 unspecified atom stereocenters. The maximum absolute atomic E-state index is 12.6. The molecule has 31 heavy (non-hydrogen) atoms. The summed E-state index contributed by atoms with van der Waals surface area (Å²) in [6, 6.07) is 15.1. The van der Waals surface area contributed by atoms with Crippen molar-refractivity contribution in [3.05, 3.63) is 75.5 Å². The van der Waals surface area contributed by atoms with Gasteiger partial charge in [-0.3, -0.25) is 14.4 Å². The van der Waals surface area contributed by atoms with Gasteiger partial charge in [-0.1, -0.05) is 29.4 Å². The molecule has 0 aliphatic carbocycles. The average Bonchev–Trinajstić information content (AvgIpc) is 2.72. The van der Waals surface area contributed by atoms with Gasteiger partial charge in [0.25, 0.3) is 5.56 Å². The van der Waals surface area contributed by atoms with E-state index in [2.05, 4.69) is 15.7 Å². The molecule has 0 bridgehead atoms. The maximum atomic E-state index is 12.6. The molecule has 9 heteroatoms. The first kappa shape index (κ1) is 22.6. The van der Waals surface area contributed by atoms with E-state index in [-0.39, 0.29) is 17.4 Å². The van der Waals surface area contributed by atoms with Crippen LogP contribution >= 0.6 is 23.4 Å².